The van der Waals surface area contributed by atoms with E-state index in [0.29, 0.717) is 6.61 Å². The van der Waals surface area contributed by atoms with Gasteiger partial charge in [0.1, 0.15) is 6.10 Å². The minimum Gasteiger partial charge on any atom is -0.388 e. The Morgan fingerprint density at radius 1 is 1.50 bits per heavy atom. The van der Waals surface area contributed by atoms with Gasteiger partial charge >= 0.3 is 0 Å². The molecule has 12 heavy (non-hydrogen) atoms. The van der Waals surface area contributed by atoms with E-state index in [0.717, 1.165) is 25.7 Å². The first-order valence-electron chi connectivity index (χ1n) is 4.62. The Bertz CT molecular complexity index is 134. The molecule has 0 heterocycles. The maximum Gasteiger partial charge on any atom is 0.194 e. The lowest BCUT2D eigenvalue weighted by atomic mass is 9.91. The summed E-state index contributed by atoms with van der Waals surface area (Å²) < 4.78 is 10.7. The van der Waals surface area contributed by atoms with Crippen molar-refractivity contribution in [3.63, 3.8) is 0 Å². The normalized spacial score (nSPS) is 36.8. The highest BCUT2D eigenvalue weighted by atomic mass is 16.7. The smallest absolute Gasteiger partial charge is 0.194 e. The van der Waals surface area contributed by atoms with E-state index in [1.165, 1.54) is 0 Å². The molecule has 0 radical (unpaired) electrons. The van der Waals surface area contributed by atoms with Gasteiger partial charge in [-0.2, -0.15) is 0 Å². The van der Waals surface area contributed by atoms with Gasteiger partial charge in [-0.05, 0) is 19.8 Å². The van der Waals surface area contributed by atoms with Crippen molar-refractivity contribution in [3.05, 3.63) is 0 Å². The van der Waals surface area contributed by atoms with E-state index in [4.69, 9.17) is 9.47 Å². The molecule has 0 aromatic carbocycles. The lowest BCUT2D eigenvalue weighted by molar-refractivity contribution is -0.282. The molecular formula is C9H18O3. The maximum atomic E-state index is 9.70. The summed E-state index contributed by atoms with van der Waals surface area (Å²) in [5.41, 5.74) is 0. The molecule has 0 unspecified atom stereocenters. The molecule has 2 atom stereocenters. The van der Waals surface area contributed by atoms with Gasteiger partial charge in [-0.3, -0.25) is 0 Å². The standard InChI is InChI=1S/C9H18O3/c1-3-12-9(11-2)7-5-4-6-8(9)10/h8,10H,3-7H2,1-2H3/t8-,9+/m1/s1. The van der Waals surface area contributed by atoms with Crippen molar-refractivity contribution in [1.82, 2.24) is 0 Å². The SMILES string of the molecule is CCO[C@@]1(OC)CCCC[C@H]1O. The van der Waals surface area contributed by atoms with Crippen molar-refractivity contribution in [1.29, 1.82) is 0 Å². The van der Waals surface area contributed by atoms with Gasteiger partial charge in [0.25, 0.3) is 0 Å². The Morgan fingerprint density at radius 3 is 2.75 bits per heavy atom. The van der Waals surface area contributed by atoms with E-state index in [2.05, 4.69) is 0 Å². The fourth-order valence-electron chi connectivity index (χ4n) is 1.81. The number of aliphatic hydroxyl groups is 1. The van der Waals surface area contributed by atoms with Crippen molar-refractivity contribution >= 4 is 0 Å². The van der Waals surface area contributed by atoms with Crippen LogP contribution in [0, 0.1) is 0 Å². The zero-order valence-electron chi connectivity index (χ0n) is 7.88. The molecule has 1 rings (SSSR count). The highest BCUT2D eigenvalue weighted by molar-refractivity contribution is 4.83. The van der Waals surface area contributed by atoms with Gasteiger partial charge in [-0.25, -0.2) is 0 Å². The third-order valence-electron chi connectivity index (χ3n) is 2.49. The Morgan fingerprint density at radius 2 is 2.25 bits per heavy atom. The second-order valence-corrected chi connectivity index (χ2v) is 3.21. The monoisotopic (exact) mass is 174 g/mol. The van der Waals surface area contributed by atoms with Crippen molar-refractivity contribution in [3.8, 4) is 0 Å². The molecule has 72 valence electrons. The molecule has 0 bridgehead atoms. The first-order chi connectivity index (χ1) is 5.75. The van der Waals surface area contributed by atoms with Crippen LogP contribution in [0.3, 0.4) is 0 Å². The topological polar surface area (TPSA) is 38.7 Å². The van der Waals surface area contributed by atoms with Gasteiger partial charge in [0, 0.05) is 20.1 Å². The third kappa shape index (κ3) is 1.79. The largest absolute Gasteiger partial charge is 0.388 e. The van der Waals surface area contributed by atoms with Crippen LogP contribution in [0.2, 0.25) is 0 Å². The van der Waals surface area contributed by atoms with Crippen LogP contribution in [0.25, 0.3) is 0 Å². The Labute approximate surface area is 73.7 Å². The molecule has 1 N–H and O–H groups in total. The summed E-state index contributed by atoms with van der Waals surface area (Å²) in [6.07, 6.45) is 3.27. The molecule has 1 saturated carbocycles. The zero-order chi connectivity index (χ0) is 9.03. The predicted octanol–water partition coefficient (Wildman–Crippen LogP) is 1.30. The van der Waals surface area contributed by atoms with Crippen molar-refractivity contribution in [2.75, 3.05) is 13.7 Å². The number of hydrogen-bond donors (Lipinski definition) is 1. The van der Waals surface area contributed by atoms with Crippen LogP contribution in [0.1, 0.15) is 32.6 Å². The highest BCUT2D eigenvalue weighted by Gasteiger charge is 2.40. The molecule has 3 nitrogen and oxygen atoms in total. The van der Waals surface area contributed by atoms with Gasteiger partial charge in [-0.1, -0.05) is 6.42 Å². The van der Waals surface area contributed by atoms with E-state index in [9.17, 15) is 5.11 Å². The van der Waals surface area contributed by atoms with Gasteiger partial charge in [0.05, 0.1) is 0 Å². The Hall–Kier alpha value is -0.120. The molecule has 1 fully saturated rings. The van der Waals surface area contributed by atoms with Crippen molar-refractivity contribution in [2.45, 2.75) is 44.5 Å². The molecule has 0 aromatic heterocycles. The summed E-state index contributed by atoms with van der Waals surface area (Å²) in [4.78, 5) is 0. The number of ether oxygens (including phenoxy) is 2. The molecule has 0 spiro atoms. The quantitative estimate of drug-likeness (QED) is 0.655. The lowest BCUT2D eigenvalue weighted by Gasteiger charge is -2.39. The Kier molecular flexibility index (Phi) is 3.50. The molecule has 0 aliphatic heterocycles. The Balaban J connectivity index is 2.60. The number of rotatable bonds is 3. The highest BCUT2D eigenvalue weighted by Crippen LogP contribution is 2.32. The van der Waals surface area contributed by atoms with Crippen LogP contribution in [-0.2, 0) is 9.47 Å². The molecule has 0 aromatic rings. The van der Waals surface area contributed by atoms with E-state index < -0.39 is 11.9 Å². The summed E-state index contributed by atoms with van der Waals surface area (Å²) in [6, 6.07) is 0. The fourth-order valence-corrected chi connectivity index (χ4v) is 1.81. The average Bonchev–Trinajstić information content (AvgIpc) is 2.10. The minimum atomic E-state index is -0.715. The minimum absolute atomic E-state index is 0.462. The third-order valence-corrected chi connectivity index (χ3v) is 2.49. The average molecular weight is 174 g/mol. The maximum absolute atomic E-state index is 9.70. The van der Waals surface area contributed by atoms with Gasteiger partial charge in [0.15, 0.2) is 5.79 Å². The van der Waals surface area contributed by atoms with Gasteiger partial charge < -0.3 is 14.6 Å². The van der Waals surface area contributed by atoms with Crippen molar-refractivity contribution < 1.29 is 14.6 Å². The summed E-state index contributed by atoms with van der Waals surface area (Å²) in [6.45, 7) is 2.51. The molecule has 0 saturated heterocycles. The second-order valence-electron chi connectivity index (χ2n) is 3.21. The van der Waals surface area contributed by atoms with E-state index >= 15 is 0 Å². The lowest BCUT2D eigenvalue weighted by Crippen LogP contribution is -2.48. The number of aliphatic hydroxyl groups excluding tert-OH is 1. The molecule has 0 amide bonds. The van der Waals surface area contributed by atoms with Crippen LogP contribution in [0.4, 0.5) is 0 Å². The molecule has 1 aliphatic rings. The second kappa shape index (κ2) is 4.21. The van der Waals surface area contributed by atoms with Gasteiger partial charge in [-0.15, -0.1) is 0 Å². The first-order valence-corrected chi connectivity index (χ1v) is 4.62. The fraction of sp³-hybridized carbons (Fsp3) is 1.00. The van der Waals surface area contributed by atoms with Crippen LogP contribution in [-0.4, -0.2) is 30.7 Å². The zero-order valence-corrected chi connectivity index (χ0v) is 7.88. The van der Waals surface area contributed by atoms with Crippen LogP contribution >= 0.6 is 0 Å². The van der Waals surface area contributed by atoms with Crippen LogP contribution in [0.15, 0.2) is 0 Å². The first kappa shape index (κ1) is 9.96. The van der Waals surface area contributed by atoms with E-state index in [-0.39, 0.29) is 0 Å². The summed E-state index contributed by atoms with van der Waals surface area (Å²) >= 11 is 0. The summed E-state index contributed by atoms with van der Waals surface area (Å²) in [5, 5.41) is 9.70. The summed E-state index contributed by atoms with van der Waals surface area (Å²) in [7, 11) is 1.60. The number of hydrogen-bond acceptors (Lipinski definition) is 3. The van der Waals surface area contributed by atoms with E-state index in [1.54, 1.807) is 7.11 Å². The van der Waals surface area contributed by atoms with E-state index in [1.807, 2.05) is 6.92 Å². The number of methoxy groups -OCH3 is 1. The molecule has 1 aliphatic carbocycles. The van der Waals surface area contributed by atoms with Crippen LogP contribution < -0.4 is 0 Å². The van der Waals surface area contributed by atoms with Gasteiger partial charge in [0.2, 0.25) is 0 Å². The summed E-state index contributed by atoms with van der Waals surface area (Å²) in [5.74, 6) is -0.715. The van der Waals surface area contributed by atoms with Crippen LogP contribution in [0.5, 0.6) is 0 Å². The van der Waals surface area contributed by atoms with Crippen molar-refractivity contribution in [2.24, 2.45) is 0 Å². The predicted molar refractivity (Wildman–Crippen MR) is 45.8 cm³/mol. The molecule has 3 heteroatoms. The molecular weight excluding hydrogens is 156 g/mol.